The number of ether oxygens (including phenoxy) is 2. The van der Waals surface area contributed by atoms with E-state index < -0.39 is 10.0 Å². The van der Waals surface area contributed by atoms with Gasteiger partial charge in [0.25, 0.3) is 10.0 Å². The van der Waals surface area contributed by atoms with Gasteiger partial charge in [-0.05, 0) is 50.2 Å². The summed E-state index contributed by atoms with van der Waals surface area (Å²) in [6.45, 7) is 1.88. The zero-order valence-corrected chi connectivity index (χ0v) is 17.9. The molecular weight excluding hydrogens is 412 g/mol. The van der Waals surface area contributed by atoms with Crippen LogP contribution in [0, 0.1) is 0 Å². The summed E-state index contributed by atoms with van der Waals surface area (Å²) in [5, 5.41) is 1.22. The Morgan fingerprint density at radius 2 is 1.83 bits per heavy atom. The van der Waals surface area contributed by atoms with Crippen molar-refractivity contribution in [1.29, 1.82) is 0 Å². The molecule has 6 nitrogen and oxygen atoms in total. The van der Waals surface area contributed by atoms with Crippen LogP contribution < -0.4 is 9.47 Å². The fraction of sp³-hybridized carbons (Fsp3) is 0.333. The van der Waals surface area contributed by atoms with E-state index in [-0.39, 0.29) is 11.0 Å². The number of aromatic nitrogens is 1. The second-order valence-electron chi connectivity index (χ2n) is 7.25. The molecule has 8 heteroatoms. The van der Waals surface area contributed by atoms with Crippen LogP contribution in [0.3, 0.4) is 0 Å². The van der Waals surface area contributed by atoms with Crippen molar-refractivity contribution < 1.29 is 17.9 Å². The fourth-order valence-corrected chi connectivity index (χ4v) is 5.07. The SMILES string of the molecule is COc1ccc2ccn(S(=O)(=O)c3ccc(Cl)c(OC4CCN(C)CC4)c3)c2c1. The predicted molar refractivity (Wildman–Crippen MR) is 114 cm³/mol. The Kier molecular flexibility index (Phi) is 5.46. The minimum Gasteiger partial charge on any atom is -0.497 e. The number of hydrogen-bond donors (Lipinski definition) is 0. The van der Waals surface area contributed by atoms with Crippen molar-refractivity contribution in [1.82, 2.24) is 8.87 Å². The van der Waals surface area contributed by atoms with Crippen LogP contribution in [0.5, 0.6) is 11.5 Å². The van der Waals surface area contributed by atoms with Crippen LogP contribution in [0.1, 0.15) is 12.8 Å². The molecule has 0 unspecified atom stereocenters. The molecule has 1 saturated heterocycles. The van der Waals surface area contributed by atoms with Gasteiger partial charge in [-0.2, -0.15) is 0 Å². The summed E-state index contributed by atoms with van der Waals surface area (Å²) in [5.74, 6) is 0.992. The highest BCUT2D eigenvalue weighted by Crippen LogP contribution is 2.32. The Bertz CT molecular complexity index is 1130. The van der Waals surface area contributed by atoms with E-state index in [1.807, 2.05) is 6.07 Å². The first kappa shape index (κ1) is 20.1. The molecule has 154 valence electrons. The molecule has 0 N–H and O–H groups in total. The number of halogens is 1. The molecule has 1 fully saturated rings. The smallest absolute Gasteiger partial charge is 0.268 e. The minimum absolute atomic E-state index is 0.0262. The monoisotopic (exact) mass is 434 g/mol. The summed E-state index contributed by atoms with van der Waals surface area (Å²) in [6, 6.07) is 11.7. The van der Waals surface area contributed by atoms with Crippen LogP contribution in [-0.4, -0.2) is 50.6 Å². The summed E-state index contributed by atoms with van der Waals surface area (Å²) >= 11 is 6.30. The first-order valence-corrected chi connectivity index (χ1v) is 11.3. The van der Waals surface area contributed by atoms with Crippen molar-refractivity contribution in [3.05, 3.63) is 53.7 Å². The molecule has 0 atom stereocenters. The number of rotatable bonds is 5. The van der Waals surface area contributed by atoms with Crippen molar-refractivity contribution in [3.8, 4) is 11.5 Å². The molecule has 0 bridgehead atoms. The third kappa shape index (κ3) is 3.95. The molecule has 0 saturated carbocycles. The van der Waals surface area contributed by atoms with Gasteiger partial charge in [0.2, 0.25) is 0 Å². The molecule has 0 radical (unpaired) electrons. The summed E-state index contributed by atoms with van der Waals surface area (Å²) in [5.41, 5.74) is 0.553. The largest absolute Gasteiger partial charge is 0.497 e. The van der Waals surface area contributed by atoms with Crippen molar-refractivity contribution >= 4 is 32.5 Å². The lowest BCUT2D eigenvalue weighted by Crippen LogP contribution is -2.35. The van der Waals surface area contributed by atoms with Crippen LogP contribution in [0.15, 0.2) is 53.6 Å². The van der Waals surface area contributed by atoms with Gasteiger partial charge < -0.3 is 14.4 Å². The van der Waals surface area contributed by atoms with Gasteiger partial charge >= 0.3 is 0 Å². The Morgan fingerprint density at radius 1 is 1.07 bits per heavy atom. The van der Waals surface area contributed by atoms with Crippen LogP contribution in [-0.2, 0) is 10.0 Å². The molecule has 1 aromatic heterocycles. The number of benzene rings is 2. The summed E-state index contributed by atoms with van der Waals surface area (Å²) < 4.78 is 39.2. The van der Waals surface area contributed by atoms with E-state index in [4.69, 9.17) is 21.1 Å². The predicted octanol–water partition coefficient (Wildman–Crippen LogP) is 4.01. The molecule has 2 aromatic carbocycles. The Hall–Kier alpha value is -2.22. The average molecular weight is 435 g/mol. The third-order valence-corrected chi connectivity index (χ3v) is 7.28. The van der Waals surface area contributed by atoms with E-state index in [1.54, 1.807) is 37.6 Å². The molecule has 4 rings (SSSR count). The maximum absolute atomic E-state index is 13.3. The molecule has 29 heavy (non-hydrogen) atoms. The number of hydrogen-bond acceptors (Lipinski definition) is 5. The van der Waals surface area contributed by atoms with Crippen LogP contribution in [0.2, 0.25) is 5.02 Å². The average Bonchev–Trinajstić information content (AvgIpc) is 3.15. The second kappa shape index (κ2) is 7.89. The van der Waals surface area contributed by atoms with Gasteiger partial charge in [0.05, 0.1) is 22.5 Å². The van der Waals surface area contributed by atoms with Crippen LogP contribution >= 0.6 is 11.6 Å². The number of nitrogens with zero attached hydrogens (tertiary/aromatic N) is 2. The van der Waals surface area contributed by atoms with Crippen LogP contribution in [0.4, 0.5) is 0 Å². The molecule has 2 heterocycles. The van der Waals surface area contributed by atoms with E-state index in [0.717, 1.165) is 31.3 Å². The summed E-state index contributed by atoms with van der Waals surface area (Å²) in [7, 11) is -0.195. The Morgan fingerprint density at radius 3 is 2.55 bits per heavy atom. The van der Waals surface area contributed by atoms with E-state index >= 15 is 0 Å². The maximum Gasteiger partial charge on any atom is 0.268 e. The highest BCUT2D eigenvalue weighted by Gasteiger charge is 2.23. The maximum atomic E-state index is 13.3. The Balaban J connectivity index is 1.69. The van der Waals surface area contributed by atoms with E-state index in [0.29, 0.717) is 22.0 Å². The normalized spacial score (nSPS) is 16.2. The fourth-order valence-electron chi connectivity index (χ4n) is 3.55. The quantitative estimate of drug-likeness (QED) is 0.607. The number of methoxy groups -OCH3 is 1. The van der Waals surface area contributed by atoms with Gasteiger partial charge in [-0.1, -0.05) is 11.6 Å². The Labute approximate surface area is 175 Å². The van der Waals surface area contributed by atoms with Gasteiger partial charge in [-0.25, -0.2) is 12.4 Å². The lowest BCUT2D eigenvalue weighted by molar-refractivity contribution is 0.114. The van der Waals surface area contributed by atoms with Crippen molar-refractivity contribution in [2.75, 3.05) is 27.2 Å². The van der Waals surface area contributed by atoms with Crippen molar-refractivity contribution in [2.45, 2.75) is 23.8 Å². The van der Waals surface area contributed by atoms with Gasteiger partial charge in [0.15, 0.2) is 0 Å². The first-order valence-electron chi connectivity index (χ1n) is 9.44. The third-order valence-electron chi connectivity index (χ3n) is 5.28. The standard InChI is InChI=1S/C21H23ClN2O4S/c1-23-10-8-16(9-11-23)28-21-14-18(5-6-19(21)22)29(25,26)24-12-7-15-3-4-17(27-2)13-20(15)24/h3-7,12-14,16H,8-11H2,1-2H3. The molecule has 0 spiro atoms. The molecular formula is C21H23ClN2O4S. The van der Waals surface area contributed by atoms with Gasteiger partial charge in [-0.3, -0.25) is 0 Å². The molecule has 1 aliphatic rings. The number of fused-ring (bicyclic) bond motifs is 1. The van der Waals surface area contributed by atoms with Crippen LogP contribution in [0.25, 0.3) is 10.9 Å². The lowest BCUT2D eigenvalue weighted by Gasteiger charge is -2.29. The number of piperidine rings is 1. The zero-order chi connectivity index (χ0) is 20.6. The molecule has 0 amide bonds. The molecule has 1 aliphatic heterocycles. The van der Waals surface area contributed by atoms with Crippen molar-refractivity contribution in [3.63, 3.8) is 0 Å². The topological polar surface area (TPSA) is 60.8 Å². The first-order chi connectivity index (χ1) is 13.9. The summed E-state index contributed by atoms with van der Waals surface area (Å²) in [4.78, 5) is 2.37. The summed E-state index contributed by atoms with van der Waals surface area (Å²) in [6.07, 6.45) is 3.33. The lowest BCUT2D eigenvalue weighted by atomic mass is 10.1. The van der Waals surface area contributed by atoms with E-state index in [2.05, 4.69) is 11.9 Å². The molecule has 0 aliphatic carbocycles. The second-order valence-corrected chi connectivity index (χ2v) is 9.48. The van der Waals surface area contributed by atoms with E-state index in [9.17, 15) is 8.42 Å². The van der Waals surface area contributed by atoms with Gasteiger partial charge in [-0.15, -0.1) is 0 Å². The van der Waals surface area contributed by atoms with Gasteiger partial charge in [0.1, 0.15) is 17.6 Å². The van der Waals surface area contributed by atoms with E-state index in [1.165, 1.54) is 16.1 Å². The number of likely N-dealkylation sites (tertiary alicyclic amines) is 1. The molecule has 3 aromatic rings. The van der Waals surface area contributed by atoms with Gasteiger partial charge in [0, 0.05) is 36.8 Å². The zero-order valence-electron chi connectivity index (χ0n) is 16.3. The van der Waals surface area contributed by atoms with Crippen molar-refractivity contribution in [2.24, 2.45) is 0 Å². The minimum atomic E-state index is -3.82. The highest BCUT2D eigenvalue weighted by atomic mass is 35.5. The highest BCUT2D eigenvalue weighted by molar-refractivity contribution is 7.90.